The second-order valence-electron chi connectivity index (χ2n) is 4.61. The molecule has 0 spiro atoms. The van der Waals surface area contributed by atoms with Crippen LogP contribution in [0.1, 0.15) is 11.1 Å². The Hall–Kier alpha value is -2.57. The largest absolute Gasteiger partial charge is 0.573 e. The first-order chi connectivity index (χ1) is 10.3. The molecule has 1 aromatic carbocycles. The van der Waals surface area contributed by atoms with Crippen LogP contribution in [0.25, 0.3) is 0 Å². The van der Waals surface area contributed by atoms with Crippen LogP contribution in [0.5, 0.6) is 5.75 Å². The van der Waals surface area contributed by atoms with E-state index in [-0.39, 0.29) is 18.1 Å². The number of carbonyl (C=O) groups is 1. The van der Waals surface area contributed by atoms with Crippen molar-refractivity contribution in [2.75, 3.05) is 5.32 Å². The lowest BCUT2D eigenvalue weighted by Crippen LogP contribution is -2.18. The third kappa shape index (κ3) is 4.76. The molecule has 116 valence electrons. The third-order valence-corrected chi connectivity index (χ3v) is 2.81. The number of benzene rings is 1. The Bertz CT molecular complexity index is 672. The summed E-state index contributed by atoms with van der Waals surface area (Å²) < 4.78 is 40.3. The second-order valence-corrected chi connectivity index (χ2v) is 4.61. The van der Waals surface area contributed by atoms with Gasteiger partial charge in [-0.15, -0.1) is 13.2 Å². The highest BCUT2D eigenvalue weighted by Crippen LogP contribution is 2.23. The van der Waals surface area contributed by atoms with E-state index in [1.807, 2.05) is 6.92 Å². The van der Waals surface area contributed by atoms with Crippen molar-refractivity contribution in [2.45, 2.75) is 19.7 Å². The molecular weight excluding hydrogens is 297 g/mol. The number of nitrogens with zero attached hydrogens (tertiary/aromatic N) is 1. The lowest BCUT2D eigenvalue weighted by atomic mass is 10.1. The van der Waals surface area contributed by atoms with Gasteiger partial charge in [-0.2, -0.15) is 0 Å². The van der Waals surface area contributed by atoms with Crippen LogP contribution in [0.15, 0.2) is 42.7 Å². The van der Waals surface area contributed by atoms with E-state index in [0.29, 0.717) is 11.3 Å². The number of aryl methyl sites for hydroxylation is 1. The zero-order chi connectivity index (χ0) is 16.2. The van der Waals surface area contributed by atoms with E-state index in [0.717, 1.165) is 5.56 Å². The van der Waals surface area contributed by atoms with Crippen LogP contribution >= 0.6 is 0 Å². The average molecular weight is 310 g/mol. The van der Waals surface area contributed by atoms with Gasteiger partial charge in [-0.3, -0.25) is 9.78 Å². The van der Waals surface area contributed by atoms with E-state index >= 15 is 0 Å². The molecule has 22 heavy (non-hydrogen) atoms. The molecule has 0 atom stereocenters. The number of ether oxygens (including phenoxy) is 1. The Morgan fingerprint density at radius 2 is 2.09 bits per heavy atom. The van der Waals surface area contributed by atoms with Crippen molar-refractivity contribution in [3.8, 4) is 5.75 Å². The number of alkyl halides is 3. The molecule has 0 aliphatic carbocycles. The Morgan fingerprint density at radius 1 is 1.32 bits per heavy atom. The van der Waals surface area contributed by atoms with Crippen molar-refractivity contribution in [1.82, 2.24) is 4.98 Å². The lowest BCUT2D eigenvalue weighted by molar-refractivity contribution is -0.274. The van der Waals surface area contributed by atoms with Crippen molar-refractivity contribution in [3.05, 3.63) is 53.9 Å². The minimum absolute atomic E-state index is 0.0661. The predicted molar refractivity (Wildman–Crippen MR) is 74.4 cm³/mol. The Kier molecular flexibility index (Phi) is 4.65. The maximum atomic E-state index is 12.2. The molecule has 2 rings (SSSR count). The van der Waals surface area contributed by atoms with Gasteiger partial charge in [0.1, 0.15) is 5.75 Å². The summed E-state index contributed by atoms with van der Waals surface area (Å²) in [4.78, 5) is 15.8. The van der Waals surface area contributed by atoms with E-state index in [1.54, 1.807) is 18.3 Å². The Balaban J connectivity index is 2.03. The molecule has 0 bridgehead atoms. The second kappa shape index (κ2) is 6.46. The van der Waals surface area contributed by atoms with Crippen molar-refractivity contribution in [3.63, 3.8) is 0 Å². The fourth-order valence-electron chi connectivity index (χ4n) is 1.83. The molecule has 2 aromatic rings. The molecule has 0 fully saturated rings. The molecule has 0 radical (unpaired) electrons. The van der Waals surface area contributed by atoms with Crippen LogP contribution in [0.3, 0.4) is 0 Å². The van der Waals surface area contributed by atoms with Crippen molar-refractivity contribution in [2.24, 2.45) is 0 Å². The fraction of sp³-hybridized carbons (Fsp3) is 0.200. The topological polar surface area (TPSA) is 51.2 Å². The zero-order valence-electron chi connectivity index (χ0n) is 11.6. The predicted octanol–water partition coefficient (Wildman–Crippen LogP) is 3.47. The number of rotatable bonds is 4. The van der Waals surface area contributed by atoms with Gasteiger partial charge in [0.2, 0.25) is 5.91 Å². The van der Waals surface area contributed by atoms with Crippen LogP contribution in [-0.2, 0) is 11.2 Å². The average Bonchev–Trinajstić information content (AvgIpc) is 2.40. The van der Waals surface area contributed by atoms with Crippen LogP contribution in [0.4, 0.5) is 18.9 Å². The van der Waals surface area contributed by atoms with Gasteiger partial charge < -0.3 is 10.1 Å². The SMILES string of the molecule is Cc1ccncc1NC(=O)Cc1cccc(OC(F)(F)F)c1. The first-order valence-electron chi connectivity index (χ1n) is 6.38. The normalized spacial score (nSPS) is 11.1. The van der Waals surface area contributed by atoms with Crippen molar-refractivity contribution in [1.29, 1.82) is 0 Å². The quantitative estimate of drug-likeness (QED) is 0.941. The highest BCUT2D eigenvalue weighted by Gasteiger charge is 2.31. The van der Waals surface area contributed by atoms with Crippen molar-refractivity contribution < 1.29 is 22.7 Å². The highest BCUT2D eigenvalue weighted by molar-refractivity contribution is 5.92. The maximum Gasteiger partial charge on any atom is 0.573 e. The molecule has 0 aliphatic rings. The molecule has 1 aromatic heterocycles. The summed E-state index contributed by atoms with van der Waals surface area (Å²) in [7, 11) is 0. The number of aromatic nitrogens is 1. The monoisotopic (exact) mass is 310 g/mol. The number of anilines is 1. The molecule has 0 aliphatic heterocycles. The van der Waals surface area contributed by atoms with E-state index in [4.69, 9.17) is 0 Å². The molecular formula is C15H13F3N2O2. The Morgan fingerprint density at radius 3 is 2.77 bits per heavy atom. The zero-order valence-corrected chi connectivity index (χ0v) is 11.6. The number of nitrogens with one attached hydrogen (secondary N) is 1. The van der Waals surface area contributed by atoms with E-state index in [9.17, 15) is 18.0 Å². The molecule has 0 saturated heterocycles. The summed E-state index contributed by atoms with van der Waals surface area (Å²) >= 11 is 0. The summed E-state index contributed by atoms with van der Waals surface area (Å²) in [6.07, 6.45) is -1.71. The molecule has 0 saturated carbocycles. The minimum atomic E-state index is -4.76. The smallest absolute Gasteiger partial charge is 0.406 e. The Labute approximate surface area is 124 Å². The summed E-state index contributed by atoms with van der Waals surface area (Å²) in [5.41, 5.74) is 1.83. The number of carbonyl (C=O) groups excluding carboxylic acids is 1. The van der Waals surface area contributed by atoms with Gasteiger partial charge in [-0.05, 0) is 36.2 Å². The third-order valence-electron chi connectivity index (χ3n) is 2.81. The number of hydrogen-bond donors (Lipinski definition) is 1. The number of pyridine rings is 1. The molecule has 1 amide bonds. The number of hydrogen-bond acceptors (Lipinski definition) is 3. The van der Waals surface area contributed by atoms with Gasteiger partial charge >= 0.3 is 6.36 Å². The van der Waals surface area contributed by atoms with Gasteiger partial charge in [0, 0.05) is 6.20 Å². The van der Waals surface area contributed by atoms with Crippen LogP contribution in [0, 0.1) is 6.92 Å². The summed E-state index contributed by atoms with van der Waals surface area (Å²) in [6, 6.07) is 7.06. The molecule has 1 N–H and O–H groups in total. The number of amides is 1. The summed E-state index contributed by atoms with van der Waals surface area (Å²) in [5, 5.41) is 2.66. The highest BCUT2D eigenvalue weighted by atomic mass is 19.4. The van der Waals surface area contributed by atoms with Crippen LogP contribution in [0.2, 0.25) is 0 Å². The van der Waals surface area contributed by atoms with Crippen LogP contribution < -0.4 is 10.1 Å². The standard InChI is InChI=1S/C15H13F3N2O2/c1-10-5-6-19-9-13(10)20-14(21)8-11-3-2-4-12(7-11)22-15(16,17)18/h2-7,9H,8H2,1H3,(H,20,21). The molecule has 7 heteroatoms. The van der Waals surface area contributed by atoms with Gasteiger partial charge in [-0.1, -0.05) is 12.1 Å². The number of halogens is 3. The first kappa shape index (κ1) is 15.8. The van der Waals surface area contributed by atoms with E-state index < -0.39 is 6.36 Å². The van der Waals surface area contributed by atoms with Crippen LogP contribution in [-0.4, -0.2) is 17.3 Å². The van der Waals surface area contributed by atoms with Gasteiger partial charge in [0.25, 0.3) is 0 Å². The van der Waals surface area contributed by atoms with Gasteiger partial charge in [0.05, 0.1) is 18.3 Å². The molecule has 4 nitrogen and oxygen atoms in total. The summed E-state index contributed by atoms with van der Waals surface area (Å²) in [6.45, 7) is 1.81. The van der Waals surface area contributed by atoms with Gasteiger partial charge in [0.15, 0.2) is 0 Å². The minimum Gasteiger partial charge on any atom is -0.406 e. The molecule has 1 heterocycles. The fourth-order valence-corrected chi connectivity index (χ4v) is 1.83. The van der Waals surface area contributed by atoms with Gasteiger partial charge in [-0.25, -0.2) is 0 Å². The first-order valence-corrected chi connectivity index (χ1v) is 6.38. The van der Waals surface area contributed by atoms with Crippen molar-refractivity contribution >= 4 is 11.6 Å². The summed E-state index contributed by atoms with van der Waals surface area (Å²) in [5.74, 6) is -0.699. The molecule has 0 unspecified atom stereocenters. The van der Waals surface area contributed by atoms with E-state index in [1.165, 1.54) is 24.4 Å². The maximum absolute atomic E-state index is 12.2. The van der Waals surface area contributed by atoms with E-state index in [2.05, 4.69) is 15.0 Å². The lowest BCUT2D eigenvalue weighted by Gasteiger charge is -2.10.